The fraction of sp³-hybridized carbons (Fsp3) is 0.867. The Morgan fingerprint density at radius 1 is 1.25 bits per heavy atom. The molecule has 20 heavy (non-hydrogen) atoms. The molecule has 0 aromatic carbocycles. The number of nitrogens with two attached hydrogens (primary N) is 1. The molecule has 0 saturated carbocycles. The maximum Gasteiger partial charge on any atom is 0.326 e. The maximum absolute atomic E-state index is 12.3. The zero-order chi connectivity index (χ0) is 15.2. The molecule has 0 bridgehead atoms. The molecule has 1 atom stereocenters. The van der Waals surface area contributed by atoms with Crippen LogP contribution in [0.1, 0.15) is 58.8 Å². The molecule has 0 aliphatic carbocycles. The lowest BCUT2D eigenvalue weighted by atomic mass is 9.84. The van der Waals surface area contributed by atoms with E-state index < -0.39 is 12.0 Å². The number of nitrogens with zero attached hydrogens (tertiary/aromatic N) is 1. The highest BCUT2D eigenvalue weighted by Gasteiger charge is 2.31. The van der Waals surface area contributed by atoms with Crippen LogP contribution in [0.2, 0.25) is 0 Å². The van der Waals surface area contributed by atoms with Gasteiger partial charge in [-0.05, 0) is 37.6 Å². The molecule has 1 rings (SSSR count). The minimum absolute atomic E-state index is 0.0237. The lowest BCUT2D eigenvalue weighted by Crippen LogP contribution is -2.44. The van der Waals surface area contributed by atoms with E-state index in [4.69, 9.17) is 5.73 Å². The highest BCUT2D eigenvalue weighted by atomic mass is 16.4. The van der Waals surface area contributed by atoms with E-state index in [0.717, 1.165) is 32.1 Å². The van der Waals surface area contributed by atoms with Crippen molar-refractivity contribution in [2.24, 2.45) is 11.1 Å². The van der Waals surface area contributed by atoms with Gasteiger partial charge < -0.3 is 15.7 Å². The fourth-order valence-electron chi connectivity index (χ4n) is 2.77. The van der Waals surface area contributed by atoms with Gasteiger partial charge in [-0.2, -0.15) is 0 Å². The van der Waals surface area contributed by atoms with Gasteiger partial charge in [0.1, 0.15) is 6.04 Å². The number of carbonyl (C=O) groups is 2. The Bertz CT molecular complexity index is 342. The Labute approximate surface area is 121 Å². The third-order valence-electron chi connectivity index (χ3n) is 4.19. The summed E-state index contributed by atoms with van der Waals surface area (Å²) in [6.07, 6.45) is 5.42. The summed E-state index contributed by atoms with van der Waals surface area (Å²) in [4.78, 5) is 25.2. The predicted molar refractivity (Wildman–Crippen MR) is 78.3 cm³/mol. The molecule has 1 fully saturated rings. The van der Waals surface area contributed by atoms with Crippen molar-refractivity contribution in [3.8, 4) is 0 Å². The molecule has 5 nitrogen and oxygen atoms in total. The van der Waals surface area contributed by atoms with Crippen LogP contribution >= 0.6 is 0 Å². The van der Waals surface area contributed by atoms with Crippen LogP contribution in [-0.2, 0) is 9.59 Å². The van der Waals surface area contributed by atoms with E-state index in [9.17, 15) is 14.7 Å². The molecule has 1 aliphatic heterocycles. The highest BCUT2D eigenvalue weighted by Crippen LogP contribution is 2.27. The normalized spacial score (nSPS) is 20.6. The molecule has 1 heterocycles. The van der Waals surface area contributed by atoms with Crippen molar-refractivity contribution in [1.29, 1.82) is 0 Å². The smallest absolute Gasteiger partial charge is 0.326 e. The Hall–Kier alpha value is -1.10. The second-order valence-corrected chi connectivity index (χ2v) is 6.49. The first-order valence-electron chi connectivity index (χ1n) is 7.60. The third kappa shape index (κ3) is 5.12. The molecule has 1 amide bonds. The van der Waals surface area contributed by atoms with Crippen LogP contribution in [-0.4, -0.2) is 41.0 Å². The van der Waals surface area contributed by atoms with Crippen molar-refractivity contribution in [3.63, 3.8) is 0 Å². The summed E-state index contributed by atoms with van der Waals surface area (Å²) in [6.45, 7) is 5.39. The summed E-state index contributed by atoms with van der Waals surface area (Å²) in [6, 6.07) is -0.636. The maximum atomic E-state index is 12.3. The summed E-state index contributed by atoms with van der Waals surface area (Å²) in [7, 11) is 0. The summed E-state index contributed by atoms with van der Waals surface area (Å²) in [5, 5.41) is 9.28. The van der Waals surface area contributed by atoms with Crippen LogP contribution in [0.3, 0.4) is 0 Å². The molecule has 1 aliphatic rings. The number of likely N-dealkylation sites (tertiary alicyclic amines) is 1. The summed E-state index contributed by atoms with van der Waals surface area (Å²) in [5.41, 5.74) is 5.61. The van der Waals surface area contributed by atoms with Gasteiger partial charge in [0, 0.05) is 13.0 Å². The van der Waals surface area contributed by atoms with E-state index in [1.54, 1.807) is 4.90 Å². The number of hydrogen-bond acceptors (Lipinski definition) is 3. The Kier molecular flexibility index (Phi) is 6.46. The summed E-state index contributed by atoms with van der Waals surface area (Å²) < 4.78 is 0. The van der Waals surface area contributed by atoms with Gasteiger partial charge in [-0.3, -0.25) is 4.79 Å². The first-order valence-corrected chi connectivity index (χ1v) is 7.60. The summed E-state index contributed by atoms with van der Waals surface area (Å²) >= 11 is 0. The van der Waals surface area contributed by atoms with Crippen molar-refractivity contribution in [2.75, 3.05) is 13.1 Å². The van der Waals surface area contributed by atoms with Crippen molar-refractivity contribution in [2.45, 2.75) is 64.8 Å². The van der Waals surface area contributed by atoms with Crippen LogP contribution in [0.5, 0.6) is 0 Å². The average Bonchev–Trinajstić information content (AvgIpc) is 2.61. The van der Waals surface area contributed by atoms with Crippen molar-refractivity contribution < 1.29 is 14.7 Å². The number of hydrogen-bond donors (Lipinski definition) is 2. The molecule has 0 aromatic heterocycles. The minimum atomic E-state index is -0.874. The number of amides is 1. The van der Waals surface area contributed by atoms with Gasteiger partial charge in [-0.1, -0.05) is 26.7 Å². The molecule has 5 heteroatoms. The van der Waals surface area contributed by atoms with Gasteiger partial charge in [0.2, 0.25) is 5.91 Å². The number of carboxylic acids is 1. The van der Waals surface area contributed by atoms with Gasteiger partial charge in [-0.15, -0.1) is 0 Å². The first-order chi connectivity index (χ1) is 9.37. The topological polar surface area (TPSA) is 83.6 Å². The molecule has 0 radical (unpaired) electrons. The second kappa shape index (κ2) is 7.62. The van der Waals surface area contributed by atoms with Crippen LogP contribution in [0.25, 0.3) is 0 Å². The van der Waals surface area contributed by atoms with Gasteiger partial charge in [0.05, 0.1) is 0 Å². The first kappa shape index (κ1) is 17.0. The minimum Gasteiger partial charge on any atom is -0.480 e. The SMILES string of the molecule is CC(C)(CCN)CCC(=O)N1CCCCCC1C(=O)O. The third-order valence-corrected chi connectivity index (χ3v) is 4.19. The largest absolute Gasteiger partial charge is 0.480 e. The van der Waals surface area contributed by atoms with E-state index >= 15 is 0 Å². The van der Waals surface area contributed by atoms with Crippen molar-refractivity contribution in [1.82, 2.24) is 4.90 Å². The monoisotopic (exact) mass is 284 g/mol. The van der Waals surface area contributed by atoms with E-state index in [0.29, 0.717) is 25.9 Å². The van der Waals surface area contributed by atoms with Gasteiger partial charge in [-0.25, -0.2) is 4.79 Å². The predicted octanol–water partition coefficient (Wildman–Crippen LogP) is 2.00. The lowest BCUT2D eigenvalue weighted by Gasteiger charge is -2.29. The quantitative estimate of drug-likeness (QED) is 0.781. The molecular weight excluding hydrogens is 256 g/mol. The second-order valence-electron chi connectivity index (χ2n) is 6.49. The average molecular weight is 284 g/mol. The van der Waals surface area contributed by atoms with Crippen LogP contribution < -0.4 is 5.73 Å². The van der Waals surface area contributed by atoms with Crippen LogP contribution in [0.15, 0.2) is 0 Å². The molecule has 1 saturated heterocycles. The van der Waals surface area contributed by atoms with E-state index in [2.05, 4.69) is 13.8 Å². The Balaban J connectivity index is 2.61. The van der Waals surface area contributed by atoms with E-state index in [-0.39, 0.29) is 11.3 Å². The number of carboxylic acid groups (broad SMARTS) is 1. The zero-order valence-electron chi connectivity index (χ0n) is 12.7. The number of carbonyl (C=O) groups excluding carboxylic acids is 1. The molecule has 3 N–H and O–H groups in total. The van der Waals surface area contributed by atoms with Crippen molar-refractivity contribution >= 4 is 11.9 Å². The van der Waals surface area contributed by atoms with Gasteiger partial charge in [0.25, 0.3) is 0 Å². The molecule has 1 unspecified atom stereocenters. The number of aliphatic carboxylic acids is 1. The van der Waals surface area contributed by atoms with E-state index in [1.807, 2.05) is 0 Å². The van der Waals surface area contributed by atoms with E-state index in [1.165, 1.54) is 0 Å². The number of rotatable bonds is 6. The standard InChI is InChI=1S/C15H28N2O3/c1-15(2,9-10-16)8-7-13(18)17-11-5-3-4-6-12(17)14(19)20/h12H,3-11,16H2,1-2H3,(H,19,20). The molecule has 116 valence electrons. The summed E-state index contributed by atoms with van der Waals surface area (Å²) in [5.74, 6) is -0.897. The van der Waals surface area contributed by atoms with Crippen LogP contribution in [0, 0.1) is 5.41 Å². The van der Waals surface area contributed by atoms with Crippen molar-refractivity contribution in [3.05, 3.63) is 0 Å². The van der Waals surface area contributed by atoms with Gasteiger partial charge in [0.15, 0.2) is 0 Å². The molecule has 0 spiro atoms. The Morgan fingerprint density at radius 3 is 2.55 bits per heavy atom. The lowest BCUT2D eigenvalue weighted by molar-refractivity contribution is -0.150. The fourth-order valence-corrected chi connectivity index (χ4v) is 2.77. The van der Waals surface area contributed by atoms with Crippen LogP contribution in [0.4, 0.5) is 0 Å². The molecular formula is C15H28N2O3. The Morgan fingerprint density at radius 2 is 1.95 bits per heavy atom. The zero-order valence-corrected chi connectivity index (χ0v) is 12.7. The highest BCUT2D eigenvalue weighted by molar-refractivity contribution is 5.83. The molecule has 0 aromatic rings. The van der Waals surface area contributed by atoms with Gasteiger partial charge >= 0.3 is 5.97 Å².